The molecule has 25 heavy (non-hydrogen) atoms. The van der Waals surface area contributed by atoms with Crippen molar-refractivity contribution in [2.75, 3.05) is 6.61 Å². The summed E-state index contributed by atoms with van der Waals surface area (Å²) in [5.74, 6) is -0.573. The van der Waals surface area contributed by atoms with Gasteiger partial charge in [-0.25, -0.2) is 4.39 Å². The van der Waals surface area contributed by atoms with Gasteiger partial charge in [-0.1, -0.05) is 42.5 Å². The number of hydrogen-bond donors (Lipinski definition) is 0. The van der Waals surface area contributed by atoms with Gasteiger partial charge in [-0.2, -0.15) is 0 Å². The van der Waals surface area contributed by atoms with Crippen LogP contribution in [0.25, 0.3) is 22.4 Å². The second kappa shape index (κ2) is 7.34. The number of nitrogens with zero attached hydrogens (tertiary/aromatic N) is 1. The number of hydrogen-bond acceptors (Lipinski definition) is 2. The number of esters is 1. The molecule has 1 heterocycles. The molecule has 0 saturated heterocycles. The molecule has 0 atom stereocenters. The van der Waals surface area contributed by atoms with Crippen molar-refractivity contribution in [3.05, 3.63) is 72.2 Å². The molecule has 0 fully saturated rings. The monoisotopic (exact) mass is 337 g/mol. The van der Waals surface area contributed by atoms with E-state index in [1.165, 1.54) is 12.1 Å². The number of aromatic nitrogens is 1. The summed E-state index contributed by atoms with van der Waals surface area (Å²) < 4.78 is 20.8. The number of aryl methyl sites for hydroxylation is 1. The summed E-state index contributed by atoms with van der Waals surface area (Å²) in [4.78, 5) is 12.0. The van der Waals surface area contributed by atoms with Crippen molar-refractivity contribution in [2.45, 2.75) is 20.4 Å². The van der Waals surface area contributed by atoms with Crippen LogP contribution in [0.3, 0.4) is 0 Å². The smallest absolute Gasteiger partial charge is 0.325 e. The van der Waals surface area contributed by atoms with Crippen LogP contribution in [0.15, 0.2) is 60.7 Å². The van der Waals surface area contributed by atoms with Gasteiger partial charge in [0.15, 0.2) is 0 Å². The first-order valence-electron chi connectivity index (χ1n) is 8.27. The van der Waals surface area contributed by atoms with Crippen molar-refractivity contribution >= 4 is 5.97 Å². The van der Waals surface area contributed by atoms with Gasteiger partial charge in [0.2, 0.25) is 0 Å². The first-order valence-corrected chi connectivity index (χ1v) is 8.27. The van der Waals surface area contributed by atoms with Crippen LogP contribution in [0, 0.1) is 12.7 Å². The normalized spacial score (nSPS) is 10.7. The zero-order chi connectivity index (χ0) is 17.8. The molecule has 3 nitrogen and oxygen atoms in total. The standard InChI is InChI=1S/C21H20FNO2/c1-3-25-20(24)14-23-15(2)12-19(17-10-7-11-18(22)13-17)21(23)16-8-5-4-6-9-16/h4-13H,3,14H2,1-2H3. The van der Waals surface area contributed by atoms with E-state index in [0.29, 0.717) is 6.61 Å². The lowest BCUT2D eigenvalue weighted by Crippen LogP contribution is -2.15. The largest absolute Gasteiger partial charge is 0.465 e. The van der Waals surface area contributed by atoms with Crippen LogP contribution in [-0.2, 0) is 16.1 Å². The van der Waals surface area contributed by atoms with E-state index in [1.54, 1.807) is 13.0 Å². The van der Waals surface area contributed by atoms with E-state index in [9.17, 15) is 9.18 Å². The van der Waals surface area contributed by atoms with Crippen molar-refractivity contribution in [2.24, 2.45) is 0 Å². The first kappa shape index (κ1) is 17.0. The average Bonchev–Trinajstić information content (AvgIpc) is 2.92. The highest BCUT2D eigenvalue weighted by Crippen LogP contribution is 2.35. The summed E-state index contributed by atoms with van der Waals surface area (Å²) in [6, 6.07) is 18.3. The Kier molecular flexibility index (Phi) is 4.98. The maximum Gasteiger partial charge on any atom is 0.325 e. The van der Waals surface area contributed by atoms with Crippen LogP contribution < -0.4 is 0 Å². The highest BCUT2D eigenvalue weighted by atomic mass is 19.1. The summed E-state index contributed by atoms with van der Waals surface area (Å²) in [6.07, 6.45) is 0. The van der Waals surface area contributed by atoms with Crippen molar-refractivity contribution in [1.29, 1.82) is 0 Å². The van der Waals surface area contributed by atoms with E-state index in [1.807, 2.05) is 54.0 Å². The molecule has 0 spiro atoms. The Bertz CT molecular complexity index is 884. The van der Waals surface area contributed by atoms with Crippen LogP contribution in [0.1, 0.15) is 12.6 Å². The molecule has 0 bridgehead atoms. The van der Waals surface area contributed by atoms with Gasteiger partial charge >= 0.3 is 5.97 Å². The Morgan fingerprint density at radius 3 is 2.44 bits per heavy atom. The molecule has 3 rings (SSSR count). The zero-order valence-electron chi connectivity index (χ0n) is 14.3. The molecule has 128 valence electrons. The predicted molar refractivity (Wildman–Crippen MR) is 96.6 cm³/mol. The summed E-state index contributed by atoms with van der Waals surface area (Å²) >= 11 is 0. The molecule has 0 saturated carbocycles. The molecule has 0 unspecified atom stereocenters. The third-order valence-electron chi connectivity index (χ3n) is 4.08. The van der Waals surface area contributed by atoms with Crippen LogP contribution >= 0.6 is 0 Å². The van der Waals surface area contributed by atoms with E-state index in [-0.39, 0.29) is 18.3 Å². The first-order chi connectivity index (χ1) is 12.1. The second-order valence-electron chi connectivity index (χ2n) is 5.82. The fourth-order valence-corrected chi connectivity index (χ4v) is 3.00. The maximum atomic E-state index is 13.7. The summed E-state index contributed by atoms with van der Waals surface area (Å²) in [5, 5.41) is 0. The Morgan fingerprint density at radius 1 is 1.04 bits per heavy atom. The molecule has 0 aliphatic rings. The van der Waals surface area contributed by atoms with Gasteiger partial charge in [-0.05, 0) is 43.2 Å². The average molecular weight is 337 g/mol. The molecule has 0 radical (unpaired) electrons. The quantitative estimate of drug-likeness (QED) is 0.624. The van der Waals surface area contributed by atoms with E-state index in [4.69, 9.17) is 4.74 Å². The summed E-state index contributed by atoms with van der Waals surface area (Å²) in [7, 11) is 0. The minimum Gasteiger partial charge on any atom is -0.465 e. The van der Waals surface area contributed by atoms with E-state index < -0.39 is 0 Å². The molecule has 1 aromatic heterocycles. The Balaban J connectivity index is 2.17. The summed E-state index contributed by atoms with van der Waals surface area (Å²) in [6.45, 7) is 4.20. The van der Waals surface area contributed by atoms with Gasteiger partial charge in [-0.3, -0.25) is 4.79 Å². The number of carbonyl (C=O) groups excluding carboxylic acids is 1. The van der Waals surface area contributed by atoms with Crippen LogP contribution in [0.2, 0.25) is 0 Å². The van der Waals surface area contributed by atoms with Gasteiger partial charge in [0, 0.05) is 11.3 Å². The third-order valence-corrected chi connectivity index (χ3v) is 4.08. The molecule has 2 aromatic carbocycles. The number of ether oxygens (including phenoxy) is 1. The van der Waals surface area contributed by atoms with Gasteiger partial charge < -0.3 is 9.30 Å². The van der Waals surface area contributed by atoms with Crippen LogP contribution in [0.5, 0.6) is 0 Å². The lowest BCUT2D eigenvalue weighted by atomic mass is 10.0. The molecule has 0 aliphatic carbocycles. The summed E-state index contributed by atoms with van der Waals surface area (Å²) in [5.41, 5.74) is 4.46. The van der Waals surface area contributed by atoms with E-state index in [2.05, 4.69) is 0 Å². The molecular formula is C21H20FNO2. The third kappa shape index (κ3) is 3.63. The van der Waals surface area contributed by atoms with Crippen molar-refractivity contribution in [3.8, 4) is 22.4 Å². The second-order valence-corrected chi connectivity index (χ2v) is 5.82. The predicted octanol–water partition coefficient (Wildman–Crippen LogP) is 4.83. The lowest BCUT2D eigenvalue weighted by molar-refractivity contribution is -0.143. The topological polar surface area (TPSA) is 31.2 Å². The number of halogens is 1. The van der Waals surface area contributed by atoms with E-state index >= 15 is 0 Å². The molecule has 3 aromatic rings. The number of rotatable bonds is 5. The molecule has 0 aliphatic heterocycles. The van der Waals surface area contributed by atoms with E-state index in [0.717, 1.165) is 28.1 Å². The van der Waals surface area contributed by atoms with Gasteiger partial charge in [-0.15, -0.1) is 0 Å². The molecule has 0 N–H and O–H groups in total. The molecule has 4 heteroatoms. The number of benzene rings is 2. The maximum absolute atomic E-state index is 13.7. The Labute approximate surface area is 146 Å². The minimum absolute atomic E-state index is 0.124. The highest BCUT2D eigenvalue weighted by molar-refractivity contribution is 5.84. The zero-order valence-corrected chi connectivity index (χ0v) is 14.3. The van der Waals surface area contributed by atoms with Crippen molar-refractivity contribution in [3.63, 3.8) is 0 Å². The van der Waals surface area contributed by atoms with Gasteiger partial charge in [0.05, 0.1) is 12.3 Å². The molecular weight excluding hydrogens is 317 g/mol. The van der Waals surface area contributed by atoms with Gasteiger partial charge in [0.25, 0.3) is 0 Å². The SMILES string of the molecule is CCOC(=O)Cn1c(C)cc(-c2cccc(F)c2)c1-c1ccccc1. The van der Waals surface area contributed by atoms with Crippen LogP contribution in [-0.4, -0.2) is 17.1 Å². The van der Waals surface area contributed by atoms with Crippen LogP contribution in [0.4, 0.5) is 4.39 Å². The Morgan fingerprint density at radius 2 is 1.76 bits per heavy atom. The van der Waals surface area contributed by atoms with Crippen molar-refractivity contribution in [1.82, 2.24) is 4.57 Å². The number of carbonyl (C=O) groups is 1. The minimum atomic E-state index is -0.288. The lowest BCUT2D eigenvalue weighted by Gasteiger charge is -2.13. The van der Waals surface area contributed by atoms with Crippen molar-refractivity contribution < 1.29 is 13.9 Å². The fourth-order valence-electron chi connectivity index (χ4n) is 3.00. The van der Waals surface area contributed by atoms with Gasteiger partial charge in [0.1, 0.15) is 12.4 Å². The molecule has 0 amide bonds. The fraction of sp³-hybridized carbons (Fsp3) is 0.190. The highest BCUT2D eigenvalue weighted by Gasteiger charge is 2.18. The Hall–Kier alpha value is -2.88.